The first-order valence-electron chi connectivity index (χ1n) is 3.64. The first-order chi connectivity index (χ1) is 7.39. The molecule has 0 bridgehead atoms. The first-order valence-corrected chi connectivity index (χ1v) is 11.6. The number of allylic oxidation sites excluding steroid dienone is 4. The Kier molecular flexibility index (Phi) is 7.29. The van der Waals surface area contributed by atoms with Crippen molar-refractivity contribution in [3.05, 3.63) is 17.9 Å². The third kappa shape index (κ3) is 3.16. The Morgan fingerprint density at radius 1 is 0.706 bits per heavy atom. The average molecular weight is 883 g/mol. The van der Waals surface area contributed by atoms with Gasteiger partial charge in [-0.25, -0.2) is 0 Å². The average Bonchev–Trinajstić information content (AvgIpc) is 2.20. The van der Waals surface area contributed by atoms with Gasteiger partial charge in [0, 0.05) is 17.9 Å². The van der Waals surface area contributed by atoms with Gasteiger partial charge in [0.1, 0.15) is 7.56 Å². The second-order valence-corrected chi connectivity index (χ2v) is 17.6. The molecule has 1 atom stereocenters. The number of hydrogen-bond donors (Lipinski definition) is 0. The third-order valence-electron chi connectivity index (χ3n) is 1.98. The third-order valence-corrected chi connectivity index (χ3v) is 16.8. The van der Waals surface area contributed by atoms with Crippen LogP contribution in [0.3, 0.4) is 0 Å². The van der Waals surface area contributed by atoms with Crippen LogP contribution in [0, 0.1) is 0 Å². The normalized spacial score (nSPS) is 30.0. The summed E-state index contributed by atoms with van der Waals surface area (Å²) in [5.41, 5.74) is 0. The molecule has 1 rings (SSSR count). The highest BCUT2D eigenvalue weighted by molar-refractivity contribution is 9.40. The Morgan fingerprint density at radius 3 is 1.41 bits per heavy atom. The van der Waals surface area contributed by atoms with Crippen LogP contribution in [-0.4, -0.2) is 9.70 Å². The van der Waals surface area contributed by atoms with Crippen molar-refractivity contribution in [3.8, 4) is 0 Å². The molecule has 98 valence electrons. The molecule has 0 amide bonds. The molecule has 0 aromatic heterocycles. The molecule has 10 heteroatoms. The molecule has 0 aliphatic heterocycles. The lowest BCUT2D eigenvalue weighted by Gasteiger charge is -2.47. The smallest absolute Gasteiger partial charge is 0.0731 e. The fourth-order valence-corrected chi connectivity index (χ4v) is 11.1. The van der Waals surface area contributed by atoms with E-state index in [0.29, 0.717) is 0 Å². The molecular weight excluding hydrogens is 883 g/mol. The van der Waals surface area contributed by atoms with E-state index >= 15 is 0 Å². The lowest BCUT2D eigenvalue weighted by atomic mass is 10.0. The molecule has 0 saturated carbocycles. The van der Waals surface area contributed by atoms with Crippen molar-refractivity contribution in [2.45, 2.75) is 9.70 Å². The number of alkyl halides is 6. The van der Waals surface area contributed by atoms with Gasteiger partial charge in [-0.15, -0.1) is 0 Å². The van der Waals surface area contributed by atoms with Crippen LogP contribution >= 0.6 is 159 Å². The van der Waals surface area contributed by atoms with Crippen molar-refractivity contribution in [2.75, 3.05) is 0 Å². The van der Waals surface area contributed by atoms with Crippen LogP contribution in [0.1, 0.15) is 0 Å². The van der Waals surface area contributed by atoms with Gasteiger partial charge in [-0.3, -0.25) is 0 Å². The lowest BCUT2D eigenvalue weighted by Crippen LogP contribution is -2.52. The monoisotopic (exact) mass is 873 g/mol. The quantitative estimate of drug-likeness (QED) is 0.215. The zero-order chi connectivity index (χ0) is 13.8. The molecule has 0 N–H and O–H groups in total. The van der Waals surface area contributed by atoms with Crippen LogP contribution in [0.4, 0.5) is 0 Å². The standard InChI is InChI=1S/C7Br10/c8-1-2(9)4(11)6(13,14)5(12,3(1)10)7(15,16)17. The summed E-state index contributed by atoms with van der Waals surface area (Å²) in [6.07, 6.45) is 0. The molecule has 1 aliphatic carbocycles. The highest BCUT2D eigenvalue weighted by atomic mass is 80.0. The highest BCUT2D eigenvalue weighted by Crippen LogP contribution is 2.70. The molecule has 0 fully saturated rings. The van der Waals surface area contributed by atoms with E-state index in [0.717, 1.165) is 17.9 Å². The summed E-state index contributed by atoms with van der Waals surface area (Å²) in [6.45, 7) is 0. The lowest BCUT2D eigenvalue weighted by molar-refractivity contribution is 0.771. The summed E-state index contributed by atoms with van der Waals surface area (Å²) < 4.78 is 1.83. The molecule has 0 radical (unpaired) electrons. The van der Waals surface area contributed by atoms with Crippen molar-refractivity contribution < 1.29 is 0 Å². The molecule has 0 aromatic carbocycles. The Hall–Kier alpha value is 4.28. The SMILES string of the molecule is BrC1=C(Br)C(Br)(Br)C(Br)(C(Br)(Br)Br)C(Br)=C1Br. The van der Waals surface area contributed by atoms with Crippen LogP contribution in [0.2, 0.25) is 0 Å². The van der Waals surface area contributed by atoms with Gasteiger partial charge in [0.05, 0.1) is 0 Å². The Morgan fingerprint density at radius 2 is 1.06 bits per heavy atom. The van der Waals surface area contributed by atoms with Crippen LogP contribution in [0.5, 0.6) is 0 Å². The predicted molar refractivity (Wildman–Crippen MR) is 112 cm³/mol. The van der Waals surface area contributed by atoms with E-state index in [2.05, 4.69) is 159 Å². The molecule has 17 heavy (non-hydrogen) atoms. The van der Waals surface area contributed by atoms with Gasteiger partial charge in [0.25, 0.3) is 0 Å². The van der Waals surface area contributed by atoms with Crippen LogP contribution in [-0.2, 0) is 0 Å². The van der Waals surface area contributed by atoms with Crippen molar-refractivity contribution in [3.63, 3.8) is 0 Å². The number of hydrogen-bond acceptors (Lipinski definition) is 0. The van der Waals surface area contributed by atoms with Gasteiger partial charge >= 0.3 is 0 Å². The van der Waals surface area contributed by atoms with E-state index in [9.17, 15) is 0 Å². The van der Waals surface area contributed by atoms with E-state index in [4.69, 9.17) is 0 Å². The van der Waals surface area contributed by atoms with Crippen LogP contribution in [0.15, 0.2) is 17.9 Å². The fourth-order valence-electron chi connectivity index (χ4n) is 1.07. The van der Waals surface area contributed by atoms with Gasteiger partial charge in [-0.05, 0) is 31.9 Å². The molecule has 1 unspecified atom stereocenters. The molecular formula is C7Br10. The van der Waals surface area contributed by atoms with Crippen LogP contribution in [0.25, 0.3) is 0 Å². The molecule has 0 spiro atoms. The summed E-state index contributed by atoms with van der Waals surface area (Å²) in [5, 5.41) is 0. The van der Waals surface area contributed by atoms with Crippen molar-refractivity contribution in [1.82, 2.24) is 0 Å². The van der Waals surface area contributed by atoms with Gasteiger partial charge in [-0.1, -0.05) is 127 Å². The Labute approximate surface area is 183 Å². The summed E-state index contributed by atoms with van der Waals surface area (Å²) in [7, 11) is 0. The van der Waals surface area contributed by atoms with Gasteiger partial charge < -0.3 is 0 Å². The van der Waals surface area contributed by atoms with E-state index in [1.54, 1.807) is 0 Å². The van der Waals surface area contributed by atoms with E-state index in [-0.39, 0.29) is 0 Å². The minimum Gasteiger partial charge on any atom is -0.0731 e. The maximum atomic E-state index is 3.76. The van der Waals surface area contributed by atoms with Crippen LogP contribution < -0.4 is 0 Å². The molecule has 1 aliphatic rings. The molecule has 0 nitrogen and oxygen atoms in total. The van der Waals surface area contributed by atoms with Gasteiger partial charge in [-0.2, -0.15) is 0 Å². The summed E-state index contributed by atoms with van der Waals surface area (Å²) in [5.74, 6) is 0. The fraction of sp³-hybridized carbons (Fsp3) is 0.429. The predicted octanol–water partition coefficient (Wildman–Crippen LogP) is 8.46. The van der Waals surface area contributed by atoms with Crippen molar-refractivity contribution in [2.24, 2.45) is 0 Å². The summed E-state index contributed by atoms with van der Waals surface area (Å²) in [6, 6.07) is 0. The van der Waals surface area contributed by atoms with Gasteiger partial charge in [0.2, 0.25) is 0 Å². The summed E-state index contributed by atoms with van der Waals surface area (Å²) in [4.78, 5) is 0. The maximum Gasteiger partial charge on any atom is 0.157 e. The zero-order valence-corrected chi connectivity index (χ0v) is 23.1. The molecule has 0 aromatic rings. The largest absolute Gasteiger partial charge is 0.157 e. The molecule has 0 saturated heterocycles. The van der Waals surface area contributed by atoms with Crippen molar-refractivity contribution in [1.29, 1.82) is 0 Å². The number of rotatable bonds is 0. The minimum atomic E-state index is -0.600. The zero-order valence-electron chi connectivity index (χ0n) is 7.28. The maximum absolute atomic E-state index is 3.76. The number of halogens is 10. The first kappa shape index (κ1) is 19.3. The minimum absolute atomic E-state index is 0.585. The second-order valence-electron chi connectivity index (χ2n) is 2.99. The topological polar surface area (TPSA) is 0 Å². The Bertz CT molecular complexity index is 413. The molecule has 0 heterocycles. The summed E-state index contributed by atoms with van der Waals surface area (Å²) >= 11 is 36.1. The van der Waals surface area contributed by atoms with Gasteiger partial charge in [0.15, 0.2) is 2.14 Å². The van der Waals surface area contributed by atoms with E-state index in [1.165, 1.54) is 0 Å². The highest BCUT2D eigenvalue weighted by Gasteiger charge is 2.63. The van der Waals surface area contributed by atoms with E-state index in [1.807, 2.05) is 0 Å². The van der Waals surface area contributed by atoms with Crippen molar-refractivity contribution >= 4 is 159 Å². The van der Waals surface area contributed by atoms with E-state index < -0.39 is 9.70 Å². The Balaban J connectivity index is 3.66. The second kappa shape index (κ2) is 6.42.